The van der Waals surface area contributed by atoms with E-state index in [0.29, 0.717) is 17.3 Å². The molecule has 1 aromatic carbocycles. The highest BCUT2D eigenvalue weighted by Crippen LogP contribution is 2.29. The van der Waals surface area contributed by atoms with E-state index >= 15 is 0 Å². The molecule has 7 heteroatoms. The lowest BCUT2D eigenvalue weighted by Gasteiger charge is -2.15. The van der Waals surface area contributed by atoms with E-state index in [2.05, 4.69) is 32.2 Å². The third-order valence-corrected chi connectivity index (χ3v) is 4.56. The van der Waals surface area contributed by atoms with E-state index in [1.165, 1.54) is 0 Å². The number of aryl methyl sites for hydroxylation is 1. The molecular formula is C18H18N6O. The number of aromatic nitrogens is 4. The number of likely N-dealkylation sites (tertiary alicyclic amines) is 1. The van der Waals surface area contributed by atoms with Crippen molar-refractivity contribution in [3.8, 4) is 17.7 Å². The smallest absolute Gasteiger partial charge is 0.265 e. The van der Waals surface area contributed by atoms with Crippen molar-refractivity contribution in [3.05, 3.63) is 53.8 Å². The molecule has 0 aliphatic carbocycles. The largest absolute Gasteiger partial charge is 0.419 e. The number of nitriles is 1. The second kappa shape index (κ2) is 6.49. The molecule has 1 unspecified atom stereocenters. The molecule has 0 amide bonds. The Kier molecular flexibility index (Phi) is 4.04. The van der Waals surface area contributed by atoms with Crippen LogP contribution in [0.4, 0.5) is 0 Å². The minimum atomic E-state index is 0.244. The van der Waals surface area contributed by atoms with E-state index in [4.69, 9.17) is 9.68 Å². The van der Waals surface area contributed by atoms with Crippen molar-refractivity contribution in [1.29, 1.82) is 5.26 Å². The summed E-state index contributed by atoms with van der Waals surface area (Å²) < 4.78 is 7.74. The molecule has 4 rings (SSSR count). The SMILES string of the molecule is Cn1cncc1-c1nnc(C2CCN(Cc3cccc(C#N)c3)C2)o1. The summed E-state index contributed by atoms with van der Waals surface area (Å²) in [4.78, 5) is 6.44. The fraction of sp³-hybridized carbons (Fsp3) is 0.333. The van der Waals surface area contributed by atoms with Crippen LogP contribution in [0.3, 0.4) is 0 Å². The van der Waals surface area contributed by atoms with Gasteiger partial charge in [0, 0.05) is 20.1 Å². The van der Waals surface area contributed by atoms with Crippen LogP contribution in [0.5, 0.6) is 0 Å². The first-order chi connectivity index (χ1) is 12.2. The molecule has 7 nitrogen and oxygen atoms in total. The van der Waals surface area contributed by atoms with Gasteiger partial charge in [-0.15, -0.1) is 10.2 Å². The van der Waals surface area contributed by atoms with E-state index in [0.717, 1.165) is 37.3 Å². The first-order valence-electron chi connectivity index (χ1n) is 8.24. The van der Waals surface area contributed by atoms with Crippen LogP contribution in [0.1, 0.15) is 29.4 Å². The van der Waals surface area contributed by atoms with Gasteiger partial charge < -0.3 is 8.98 Å². The summed E-state index contributed by atoms with van der Waals surface area (Å²) in [7, 11) is 1.90. The van der Waals surface area contributed by atoms with Gasteiger partial charge in [-0.2, -0.15) is 5.26 Å². The maximum absolute atomic E-state index is 9.02. The van der Waals surface area contributed by atoms with Crippen LogP contribution >= 0.6 is 0 Å². The van der Waals surface area contributed by atoms with Gasteiger partial charge in [-0.3, -0.25) is 4.90 Å². The molecule has 3 heterocycles. The Labute approximate surface area is 145 Å². The highest BCUT2D eigenvalue weighted by Gasteiger charge is 2.28. The molecule has 25 heavy (non-hydrogen) atoms. The predicted octanol–water partition coefficient (Wildman–Crippen LogP) is 2.33. The van der Waals surface area contributed by atoms with Gasteiger partial charge >= 0.3 is 0 Å². The number of benzene rings is 1. The summed E-state index contributed by atoms with van der Waals surface area (Å²) in [5, 5.41) is 17.4. The monoisotopic (exact) mass is 334 g/mol. The predicted molar refractivity (Wildman–Crippen MR) is 90.3 cm³/mol. The third-order valence-electron chi connectivity index (χ3n) is 4.56. The highest BCUT2D eigenvalue weighted by atomic mass is 16.4. The van der Waals surface area contributed by atoms with Crippen LogP contribution in [-0.4, -0.2) is 37.7 Å². The summed E-state index contributed by atoms with van der Waals surface area (Å²) in [5.74, 6) is 1.44. The van der Waals surface area contributed by atoms with E-state index in [1.54, 1.807) is 12.5 Å². The highest BCUT2D eigenvalue weighted by molar-refractivity contribution is 5.45. The van der Waals surface area contributed by atoms with Crippen LogP contribution in [0.15, 0.2) is 41.2 Å². The number of imidazole rings is 1. The molecule has 3 aromatic rings. The molecule has 1 fully saturated rings. The van der Waals surface area contributed by atoms with Gasteiger partial charge in [0.2, 0.25) is 5.89 Å². The molecule has 1 saturated heterocycles. The molecular weight excluding hydrogens is 316 g/mol. The Morgan fingerprint density at radius 2 is 2.28 bits per heavy atom. The van der Waals surface area contributed by atoms with Gasteiger partial charge in [0.25, 0.3) is 5.89 Å². The van der Waals surface area contributed by atoms with Gasteiger partial charge in [0.15, 0.2) is 0 Å². The second-order valence-corrected chi connectivity index (χ2v) is 6.37. The molecule has 1 atom stereocenters. The van der Waals surface area contributed by atoms with Crippen molar-refractivity contribution in [3.63, 3.8) is 0 Å². The standard InChI is InChI=1S/C18H18N6O/c1-23-12-20-9-16(23)18-22-21-17(25-18)15-5-6-24(11-15)10-14-4-2-3-13(7-14)8-19/h2-4,7,9,12,15H,5-6,10-11H2,1H3. The Bertz CT molecular complexity index is 922. The molecule has 126 valence electrons. The lowest BCUT2D eigenvalue weighted by Crippen LogP contribution is -2.19. The van der Waals surface area contributed by atoms with Crippen molar-refractivity contribution in [2.45, 2.75) is 18.9 Å². The summed E-state index contributed by atoms with van der Waals surface area (Å²) in [6.45, 7) is 2.68. The number of hydrogen-bond donors (Lipinski definition) is 0. The molecule has 1 aliphatic heterocycles. The lowest BCUT2D eigenvalue weighted by molar-refractivity contribution is 0.320. The first-order valence-corrected chi connectivity index (χ1v) is 8.24. The van der Waals surface area contributed by atoms with Crippen LogP contribution in [0.2, 0.25) is 0 Å². The number of nitrogens with zero attached hydrogens (tertiary/aromatic N) is 6. The third kappa shape index (κ3) is 3.16. The van der Waals surface area contributed by atoms with Crippen molar-refractivity contribution >= 4 is 0 Å². The second-order valence-electron chi connectivity index (χ2n) is 6.37. The van der Waals surface area contributed by atoms with Gasteiger partial charge in [-0.1, -0.05) is 12.1 Å². The normalized spacial score (nSPS) is 17.7. The molecule has 0 bridgehead atoms. The molecule has 0 radical (unpaired) electrons. The van der Waals surface area contributed by atoms with E-state index < -0.39 is 0 Å². The molecule has 0 spiro atoms. The molecule has 1 aliphatic rings. The summed E-state index contributed by atoms with van der Waals surface area (Å²) in [6, 6.07) is 9.95. The topological polar surface area (TPSA) is 83.8 Å². The summed E-state index contributed by atoms with van der Waals surface area (Å²) >= 11 is 0. The van der Waals surface area contributed by atoms with Crippen molar-refractivity contribution in [1.82, 2.24) is 24.6 Å². The quantitative estimate of drug-likeness (QED) is 0.728. The van der Waals surface area contributed by atoms with Crippen LogP contribution < -0.4 is 0 Å². The number of rotatable bonds is 4. The van der Waals surface area contributed by atoms with Crippen LogP contribution in [-0.2, 0) is 13.6 Å². The zero-order chi connectivity index (χ0) is 17.2. The van der Waals surface area contributed by atoms with E-state index in [-0.39, 0.29) is 5.92 Å². The van der Waals surface area contributed by atoms with Gasteiger partial charge in [0.05, 0.1) is 30.1 Å². The zero-order valence-corrected chi connectivity index (χ0v) is 14.0. The summed E-state index contributed by atoms with van der Waals surface area (Å²) in [5.41, 5.74) is 2.67. The minimum absolute atomic E-state index is 0.244. The first kappa shape index (κ1) is 15.5. The van der Waals surface area contributed by atoms with Gasteiger partial charge in [-0.05, 0) is 30.7 Å². The number of hydrogen-bond acceptors (Lipinski definition) is 6. The van der Waals surface area contributed by atoms with Crippen molar-refractivity contribution < 1.29 is 4.42 Å². The van der Waals surface area contributed by atoms with Gasteiger partial charge in [0.1, 0.15) is 5.69 Å². The summed E-state index contributed by atoms with van der Waals surface area (Å²) in [6.07, 6.45) is 4.43. The maximum Gasteiger partial charge on any atom is 0.265 e. The van der Waals surface area contributed by atoms with Crippen molar-refractivity contribution in [2.75, 3.05) is 13.1 Å². The Morgan fingerprint density at radius 3 is 3.08 bits per heavy atom. The Balaban J connectivity index is 1.43. The van der Waals surface area contributed by atoms with E-state index in [9.17, 15) is 0 Å². The van der Waals surface area contributed by atoms with Crippen LogP contribution in [0, 0.1) is 11.3 Å². The molecule has 0 N–H and O–H groups in total. The molecule has 2 aromatic heterocycles. The minimum Gasteiger partial charge on any atom is -0.419 e. The average molecular weight is 334 g/mol. The maximum atomic E-state index is 9.02. The zero-order valence-electron chi connectivity index (χ0n) is 14.0. The average Bonchev–Trinajstić information content (AvgIpc) is 3.35. The van der Waals surface area contributed by atoms with E-state index in [1.807, 2.05) is 29.8 Å². The van der Waals surface area contributed by atoms with Gasteiger partial charge in [-0.25, -0.2) is 4.98 Å². The lowest BCUT2D eigenvalue weighted by atomic mass is 10.1. The fourth-order valence-corrected chi connectivity index (χ4v) is 3.24. The fourth-order valence-electron chi connectivity index (χ4n) is 3.24. The Morgan fingerprint density at radius 1 is 1.36 bits per heavy atom. The van der Waals surface area contributed by atoms with Crippen molar-refractivity contribution in [2.24, 2.45) is 7.05 Å². The van der Waals surface area contributed by atoms with Crippen LogP contribution in [0.25, 0.3) is 11.6 Å². The Hall–Kier alpha value is -2.98. The molecule has 0 saturated carbocycles.